The second kappa shape index (κ2) is 5.32. The molecule has 1 aliphatic rings. The van der Waals surface area contributed by atoms with E-state index in [1.54, 1.807) is 12.3 Å². The number of aromatic nitrogens is 1. The Bertz CT molecular complexity index is 498. The van der Waals surface area contributed by atoms with Crippen LogP contribution in [0.2, 0.25) is 0 Å². The molecule has 1 amide bonds. The summed E-state index contributed by atoms with van der Waals surface area (Å²) in [5.74, 6) is -0.492. The lowest BCUT2D eigenvalue weighted by atomic mass is 10.0. The van der Waals surface area contributed by atoms with Crippen LogP contribution in [0.15, 0.2) is 23.1 Å². The van der Waals surface area contributed by atoms with E-state index >= 15 is 0 Å². The Morgan fingerprint density at radius 1 is 1.56 bits per heavy atom. The van der Waals surface area contributed by atoms with E-state index in [2.05, 4.69) is 5.32 Å². The standard InChI is InChI=1S/C12H17N3O3/c1-2-15-5-8(3-4-11(15)16)14-12(17)9-6-18-7-10(9)13/h3-5,9-10H,2,6-7,13H2,1H3,(H,14,17). The van der Waals surface area contributed by atoms with Crippen molar-refractivity contribution < 1.29 is 9.53 Å². The highest BCUT2D eigenvalue weighted by molar-refractivity contribution is 5.93. The Kier molecular flexibility index (Phi) is 3.78. The Hall–Kier alpha value is -1.66. The maximum Gasteiger partial charge on any atom is 0.250 e. The molecule has 1 saturated heterocycles. The minimum absolute atomic E-state index is 0.0867. The maximum absolute atomic E-state index is 12.0. The summed E-state index contributed by atoms with van der Waals surface area (Å²) in [5.41, 5.74) is 6.28. The number of nitrogens with one attached hydrogen (secondary N) is 1. The van der Waals surface area contributed by atoms with Crippen LogP contribution >= 0.6 is 0 Å². The van der Waals surface area contributed by atoms with Gasteiger partial charge in [0.1, 0.15) is 0 Å². The van der Waals surface area contributed by atoms with Crippen molar-refractivity contribution in [2.75, 3.05) is 18.5 Å². The number of ether oxygens (including phenoxy) is 1. The minimum Gasteiger partial charge on any atom is -0.379 e. The first kappa shape index (κ1) is 12.8. The van der Waals surface area contributed by atoms with Crippen LogP contribution in [0.3, 0.4) is 0 Å². The number of pyridine rings is 1. The molecule has 0 aromatic carbocycles. The molecule has 0 saturated carbocycles. The zero-order valence-corrected chi connectivity index (χ0v) is 10.3. The highest BCUT2D eigenvalue weighted by Gasteiger charge is 2.31. The van der Waals surface area contributed by atoms with Crippen molar-refractivity contribution in [2.45, 2.75) is 19.5 Å². The number of hydrogen-bond donors (Lipinski definition) is 2. The molecule has 18 heavy (non-hydrogen) atoms. The van der Waals surface area contributed by atoms with Gasteiger partial charge in [0.2, 0.25) is 5.91 Å². The molecule has 2 unspecified atom stereocenters. The average Bonchev–Trinajstić information content (AvgIpc) is 2.78. The van der Waals surface area contributed by atoms with Gasteiger partial charge >= 0.3 is 0 Å². The van der Waals surface area contributed by atoms with Crippen LogP contribution in [-0.4, -0.2) is 29.7 Å². The molecule has 1 aromatic rings. The summed E-state index contributed by atoms with van der Waals surface area (Å²) in [6.07, 6.45) is 1.63. The molecule has 2 atom stereocenters. The van der Waals surface area contributed by atoms with Crippen LogP contribution < -0.4 is 16.6 Å². The van der Waals surface area contributed by atoms with Crippen molar-refractivity contribution >= 4 is 11.6 Å². The zero-order chi connectivity index (χ0) is 13.1. The van der Waals surface area contributed by atoms with E-state index in [1.165, 1.54) is 10.6 Å². The molecule has 2 rings (SSSR count). The largest absolute Gasteiger partial charge is 0.379 e. The number of hydrogen-bond acceptors (Lipinski definition) is 4. The van der Waals surface area contributed by atoms with Gasteiger partial charge in [-0.1, -0.05) is 0 Å². The van der Waals surface area contributed by atoms with Gasteiger partial charge in [0.05, 0.1) is 24.8 Å². The van der Waals surface area contributed by atoms with Gasteiger partial charge in [-0.15, -0.1) is 0 Å². The number of anilines is 1. The number of carbonyl (C=O) groups excluding carboxylic acids is 1. The highest BCUT2D eigenvalue weighted by Crippen LogP contribution is 2.14. The van der Waals surface area contributed by atoms with Gasteiger partial charge < -0.3 is 20.4 Å². The maximum atomic E-state index is 12.0. The molecule has 1 aromatic heterocycles. The molecule has 0 aliphatic carbocycles. The van der Waals surface area contributed by atoms with E-state index in [-0.39, 0.29) is 23.4 Å². The van der Waals surface area contributed by atoms with Crippen LogP contribution in [0.25, 0.3) is 0 Å². The van der Waals surface area contributed by atoms with Crippen LogP contribution in [0.1, 0.15) is 6.92 Å². The van der Waals surface area contributed by atoms with Crippen molar-refractivity contribution in [1.82, 2.24) is 4.57 Å². The van der Waals surface area contributed by atoms with Crippen LogP contribution in [0.5, 0.6) is 0 Å². The van der Waals surface area contributed by atoms with Crippen molar-refractivity contribution in [3.8, 4) is 0 Å². The molecule has 1 aliphatic heterocycles. The SMILES string of the molecule is CCn1cc(NC(=O)C2COCC2N)ccc1=O. The van der Waals surface area contributed by atoms with E-state index in [1.807, 2.05) is 6.92 Å². The van der Waals surface area contributed by atoms with Gasteiger partial charge in [0.15, 0.2) is 0 Å². The summed E-state index contributed by atoms with van der Waals surface area (Å²) >= 11 is 0. The second-order valence-corrected chi connectivity index (χ2v) is 4.34. The molecule has 1 fully saturated rings. The van der Waals surface area contributed by atoms with Crippen molar-refractivity contribution in [1.29, 1.82) is 0 Å². The zero-order valence-electron chi connectivity index (χ0n) is 10.3. The third kappa shape index (κ3) is 2.60. The molecule has 2 heterocycles. The molecule has 0 bridgehead atoms. The Balaban J connectivity index is 2.09. The smallest absolute Gasteiger partial charge is 0.250 e. The summed E-state index contributed by atoms with van der Waals surface area (Å²) in [6.45, 7) is 3.19. The van der Waals surface area contributed by atoms with Gasteiger partial charge in [-0.3, -0.25) is 9.59 Å². The lowest BCUT2D eigenvalue weighted by Crippen LogP contribution is -2.37. The number of aryl methyl sites for hydroxylation is 1. The summed E-state index contributed by atoms with van der Waals surface area (Å²) in [6, 6.07) is 2.76. The topological polar surface area (TPSA) is 86.3 Å². The van der Waals surface area contributed by atoms with Gasteiger partial charge in [-0.2, -0.15) is 0 Å². The first-order chi connectivity index (χ1) is 8.61. The molecular formula is C12H17N3O3. The van der Waals surface area contributed by atoms with Crippen molar-refractivity contribution in [3.05, 3.63) is 28.7 Å². The Labute approximate surface area is 105 Å². The summed E-state index contributed by atoms with van der Waals surface area (Å²) in [7, 11) is 0. The third-order valence-electron chi connectivity index (χ3n) is 3.05. The van der Waals surface area contributed by atoms with Crippen LogP contribution in [0.4, 0.5) is 5.69 Å². The first-order valence-electron chi connectivity index (χ1n) is 5.96. The molecular weight excluding hydrogens is 234 g/mol. The monoisotopic (exact) mass is 251 g/mol. The molecule has 0 radical (unpaired) electrons. The first-order valence-corrected chi connectivity index (χ1v) is 5.96. The summed E-state index contributed by atoms with van der Waals surface area (Å²) < 4.78 is 6.68. The molecule has 6 nitrogen and oxygen atoms in total. The summed E-state index contributed by atoms with van der Waals surface area (Å²) in [4.78, 5) is 23.4. The minimum atomic E-state index is -0.327. The predicted molar refractivity (Wildman–Crippen MR) is 67.3 cm³/mol. The molecule has 6 heteroatoms. The van der Waals surface area contributed by atoms with Crippen molar-refractivity contribution in [3.63, 3.8) is 0 Å². The lowest BCUT2D eigenvalue weighted by Gasteiger charge is -2.14. The van der Waals surface area contributed by atoms with E-state index in [0.717, 1.165) is 0 Å². The Morgan fingerprint density at radius 2 is 2.33 bits per heavy atom. The van der Waals surface area contributed by atoms with Gasteiger partial charge in [0.25, 0.3) is 5.56 Å². The predicted octanol–water partition coefficient (Wildman–Crippen LogP) is -0.220. The average molecular weight is 251 g/mol. The van der Waals surface area contributed by atoms with Gasteiger partial charge in [-0.25, -0.2) is 0 Å². The third-order valence-corrected chi connectivity index (χ3v) is 3.05. The number of rotatable bonds is 3. The van der Waals surface area contributed by atoms with Crippen molar-refractivity contribution in [2.24, 2.45) is 11.7 Å². The molecule has 3 N–H and O–H groups in total. The number of nitrogens with zero attached hydrogens (tertiary/aromatic N) is 1. The van der Waals surface area contributed by atoms with Gasteiger partial charge in [0, 0.05) is 24.8 Å². The molecule has 98 valence electrons. The number of nitrogens with two attached hydrogens (primary N) is 1. The highest BCUT2D eigenvalue weighted by atomic mass is 16.5. The quantitative estimate of drug-likeness (QED) is 0.777. The van der Waals surface area contributed by atoms with E-state index < -0.39 is 0 Å². The Morgan fingerprint density at radius 3 is 2.94 bits per heavy atom. The number of carbonyl (C=O) groups is 1. The van der Waals surface area contributed by atoms with E-state index in [0.29, 0.717) is 25.4 Å². The lowest BCUT2D eigenvalue weighted by molar-refractivity contribution is -0.120. The fourth-order valence-electron chi connectivity index (χ4n) is 1.93. The van der Waals surface area contributed by atoms with E-state index in [4.69, 9.17) is 10.5 Å². The van der Waals surface area contributed by atoms with E-state index in [9.17, 15) is 9.59 Å². The van der Waals surface area contributed by atoms with Gasteiger partial charge in [-0.05, 0) is 13.0 Å². The number of amides is 1. The normalized spacial score (nSPS) is 23.0. The fraction of sp³-hybridized carbons (Fsp3) is 0.500. The second-order valence-electron chi connectivity index (χ2n) is 4.34. The summed E-state index contributed by atoms with van der Waals surface area (Å²) in [5, 5.41) is 2.76. The van der Waals surface area contributed by atoms with Crippen LogP contribution in [-0.2, 0) is 16.1 Å². The fourth-order valence-corrected chi connectivity index (χ4v) is 1.93. The molecule has 0 spiro atoms. The van der Waals surface area contributed by atoms with Crippen LogP contribution in [0, 0.1) is 5.92 Å².